The minimum atomic E-state index is 0.487. The Morgan fingerprint density at radius 3 is 1.12 bits per heavy atom. The molecule has 18 nitrogen and oxygen atoms in total. The molecule has 9 heterocycles. The van der Waals surface area contributed by atoms with Gasteiger partial charge >= 0.3 is 0 Å². The molecule has 0 unspecified atom stereocenters. The van der Waals surface area contributed by atoms with Crippen LogP contribution in [0.15, 0.2) is 141 Å². The number of halogens is 1. The fourth-order valence-corrected chi connectivity index (χ4v) is 7.91. The number of hydrogen-bond acceptors (Lipinski definition) is 15. The maximum absolute atomic E-state index is 5.87. The highest BCUT2D eigenvalue weighted by Gasteiger charge is 2.11. The number of nitrogens with zero attached hydrogens (tertiary/aromatic N) is 9. The van der Waals surface area contributed by atoms with E-state index in [9.17, 15) is 0 Å². The van der Waals surface area contributed by atoms with E-state index in [1.165, 1.54) is 0 Å². The van der Waals surface area contributed by atoms with Gasteiger partial charge in [-0.25, -0.2) is 15.0 Å². The van der Waals surface area contributed by atoms with Gasteiger partial charge in [-0.1, -0.05) is 20.8 Å². The molecule has 0 aromatic carbocycles. The Kier molecular flexibility index (Phi) is 24.6. The van der Waals surface area contributed by atoms with Crippen molar-refractivity contribution in [1.29, 1.82) is 0 Å². The maximum Gasteiger partial charge on any atom is 0.140 e. The Balaban J connectivity index is 0.000000166. The molecule has 0 atom stereocenters. The highest BCUT2D eigenvalue weighted by atomic mass is 125. The van der Waals surface area contributed by atoms with E-state index in [1.807, 2.05) is 124 Å². The van der Waals surface area contributed by atoms with Crippen molar-refractivity contribution in [2.45, 2.75) is 40.0 Å². The van der Waals surface area contributed by atoms with Gasteiger partial charge in [0.05, 0.1) is 98.2 Å². The predicted octanol–water partition coefficient (Wildman–Crippen LogP) is 10.3. The van der Waals surface area contributed by atoms with Gasteiger partial charge in [-0.05, 0) is 90.4 Å². The molecule has 402 valence electrons. The molecule has 0 N–H and O–H groups in total. The Morgan fingerprint density at radius 1 is 0.368 bits per heavy atom. The van der Waals surface area contributed by atoms with Crippen LogP contribution in [0, 0.1) is 3.57 Å². The van der Waals surface area contributed by atoms with Gasteiger partial charge in [0.15, 0.2) is 0 Å². The number of aromatic nitrogens is 9. The smallest absolute Gasteiger partial charge is 0.140 e. The average Bonchev–Trinajstić information content (AvgIpc) is 4.24. The van der Waals surface area contributed by atoms with E-state index in [4.69, 9.17) is 42.6 Å². The first kappa shape index (κ1) is 57.1. The molecule has 9 aromatic rings. The standard InChI is InChI=1S/C19H22IN3O3.2C19H23N3O3/c1-2-7-24-8-9-25-10-11-26-18-12-19(22-13-16(18)20)23-6-4-15-3-5-21-14-17(15)23;2*1-2-9-23-10-11-24-12-13-25-17-4-7-21-19(14-17)22-8-5-16-3-6-20-15-18(16)22/h3-6,12-14H,2,7-11H2,1H3;2*3-8,14-15H,2,9-13H2,1H3/i20-2;;. The van der Waals surface area contributed by atoms with Crippen LogP contribution in [-0.4, -0.2) is 143 Å². The molecule has 0 saturated heterocycles. The van der Waals surface area contributed by atoms with Crippen LogP contribution in [0.3, 0.4) is 0 Å². The molecular weight excluding hydrogens is 1080 g/mol. The van der Waals surface area contributed by atoms with Crippen LogP contribution in [0.2, 0.25) is 0 Å². The fraction of sp³-hybridized carbons (Fsp3) is 0.368. The summed E-state index contributed by atoms with van der Waals surface area (Å²) in [4.78, 5) is 25.9. The minimum absolute atomic E-state index is 0.487. The SMILES string of the molecule is CCCOCCOCCOc1cc(-n2ccc3ccncc32)ncc1[125I].CCCOCCOCCOc1ccnc(-n2ccc3ccncc32)c1.CCCOCCOCCOc1ccnc(-n2ccc3ccncc32)c1. The molecular formula is C57H68IN9O9. The molecule has 76 heavy (non-hydrogen) atoms. The first-order valence-corrected chi connectivity index (χ1v) is 26.8. The molecule has 0 aliphatic carbocycles. The van der Waals surface area contributed by atoms with E-state index >= 15 is 0 Å². The van der Waals surface area contributed by atoms with E-state index in [2.05, 4.69) is 73.3 Å². The number of ether oxygens (including phenoxy) is 9. The van der Waals surface area contributed by atoms with Gasteiger partial charge in [-0.3, -0.25) is 28.7 Å². The quantitative estimate of drug-likeness (QED) is 0.0307. The molecule has 0 spiro atoms. The van der Waals surface area contributed by atoms with Gasteiger partial charge in [0.2, 0.25) is 0 Å². The molecule has 0 amide bonds. The Hall–Kier alpha value is -6.59. The lowest BCUT2D eigenvalue weighted by Crippen LogP contribution is -2.11. The second-order valence-electron chi connectivity index (χ2n) is 16.8. The number of hydrogen-bond donors (Lipinski definition) is 0. The molecule has 0 radical (unpaired) electrons. The summed E-state index contributed by atoms with van der Waals surface area (Å²) in [6.07, 6.45) is 25.2. The van der Waals surface area contributed by atoms with Crippen molar-refractivity contribution >= 4 is 55.3 Å². The van der Waals surface area contributed by atoms with E-state index in [0.717, 1.165) is 110 Å². The van der Waals surface area contributed by atoms with Crippen LogP contribution in [-0.2, 0) is 28.4 Å². The highest BCUT2D eigenvalue weighted by Crippen LogP contribution is 2.26. The molecule has 0 saturated carbocycles. The summed E-state index contributed by atoms with van der Waals surface area (Å²) in [6.45, 7) is 15.3. The van der Waals surface area contributed by atoms with Crippen LogP contribution in [0.1, 0.15) is 40.0 Å². The first-order valence-electron chi connectivity index (χ1n) is 25.7. The van der Waals surface area contributed by atoms with E-state index in [1.54, 1.807) is 31.0 Å². The molecule has 0 aliphatic heterocycles. The third kappa shape index (κ3) is 18.0. The van der Waals surface area contributed by atoms with Crippen LogP contribution in [0.25, 0.3) is 50.2 Å². The van der Waals surface area contributed by atoms with Gasteiger partial charge in [0, 0.05) is 110 Å². The predicted molar refractivity (Wildman–Crippen MR) is 302 cm³/mol. The molecule has 0 fully saturated rings. The fourth-order valence-electron chi connectivity index (χ4n) is 7.46. The van der Waals surface area contributed by atoms with Crippen LogP contribution in [0.4, 0.5) is 0 Å². The summed E-state index contributed by atoms with van der Waals surface area (Å²) in [6, 6.07) is 21.5. The molecule has 19 heteroatoms. The molecule has 9 rings (SSSR count). The van der Waals surface area contributed by atoms with E-state index < -0.39 is 0 Å². The monoisotopic (exact) mass is 1150 g/mol. The van der Waals surface area contributed by atoms with Crippen molar-refractivity contribution in [3.05, 3.63) is 145 Å². The minimum Gasteiger partial charge on any atom is -0.491 e. The molecule has 0 bridgehead atoms. The summed E-state index contributed by atoms with van der Waals surface area (Å²) in [5, 5.41) is 3.38. The summed E-state index contributed by atoms with van der Waals surface area (Å²) < 4.78 is 56.9. The largest absolute Gasteiger partial charge is 0.491 e. The van der Waals surface area contributed by atoms with Gasteiger partial charge in [0.25, 0.3) is 0 Å². The number of pyridine rings is 6. The molecule has 0 aliphatic rings. The zero-order valence-corrected chi connectivity index (χ0v) is 45.7. The van der Waals surface area contributed by atoms with Crippen molar-refractivity contribution in [3.8, 4) is 34.7 Å². The Labute approximate surface area is 457 Å². The first-order chi connectivity index (χ1) is 37.6. The van der Waals surface area contributed by atoms with Crippen LogP contribution < -0.4 is 14.2 Å². The van der Waals surface area contributed by atoms with Crippen molar-refractivity contribution in [1.82, 2.24) is 43.6 Å². The van der Waals surface area contributed by atoms with Crippen molar-refractivity contribution in [2.24, 2.45) is 0 Å². The normalized spacial score (nSPS) is 11.1. The second-order valence-corrected chi connectivity index (χ2v) is 17.9. The average molecular weight is 1150 g/mol. The van der Waals surface area contributed by atoms with Crippen LogP contribution in [0.5, 0.6) is 17.2 Å². The van der Waals surface area contributed by atoms with E-state index in [0.29, 0.717) is 79.3 Å². The van der Waals surface area contributed by atoms with Crippen LogP contribution >= 0.6 is 22.6 Å². The van der Waals surface area contributed by atoms with Gasteiger partial charge < -0.3 is 42.6 Å². The van der Waals surface area contributed by atoms with Crippen molar-refractivity contribution in [2.75, 3.05) is 99.1 Å². The van der Waals surface area contributed by atoms with Crippen molar-refractivity contribution < 1.29 is 42.6 Å². The van der Waals surface area contributed by atoms with E-state index in [-0.39, 0.29) is 0 Å². The third-order valence-corrected chi connectivity index (χ3v) is 11.9. The summed E-state index contributed by atoms with van der Waals surface area (Å²) >= 11 is 2.23. The van der Waals surface area contributed by atoms with Gasteiger partial charge in [-0.2, -0.15) is 0 Å². The lowest BCUT2D eigenvalue weighted by molar-refractivity contribution is 0.0365. The van der Waals surface area contributed by atoms with Gasteiger partial charge in [0.1, 0.15) is 54.5 Å². The second kappa shape index (κ2) is 32.8. The summed E-state index contributed by atoms with van der Waals surface area (Å²) in [5.74, 6) is 4.73. The zero-order valence-electron chi connectivity index (χ0n) is 43.6. The zero-order chi connectivity index (χ0) is 52.8. The van der Waals surface area contributed by atoms with Crippen molar-refractivity contribution in [3.63, 3.8) is 0 Å². The number of rotatable bonds is 30. The third-order valence-electron chi connectivity index (χ3n) is 11.1. The summed E-state index contributed by atoms with van der Waals surface area (Å²) in [5.41, 5.74) is 3.05. The lowest BCUT2D eigenvalue weighted by Gasteiger charge is -2.11. The lowest BCUT2D eigenvalue weighted by atomic mass is 10.3. The maximum atomic E-state index is 5.87. The number of fused-ring (bicyclic) bond motifs is 3. The van der Waals surface area contributed by atoms with Gasteiger partial charge in [-0.15, -0.1) is 0 Å². The topological polar surface area (TPSA) is 175 Å². The Morgan fingerprint density at radius 2 is 0.724 bits per heavy atom. The highest BCUT2D eigenvalue weighted by molar-refractivity contribution is 14.1. The Bertz CT molecular complexity index is 2930. The summed E-state index contributed by atoms with van der Waals surface area (Å²) in [7, 11) is 0. The molecule has 9 aromatic heterocycles.